The molecule has 0 atom stereocenters. The fourth-order valence-electron chi connectivity index (χ4n) is 2.18. The summed E-state index contributed by atoms with van der Waals surface area (Å²) >= 11 is -1.39. The molecule has 3 rings (SSSR count). The quantitative estimate of drug-likeness (QED) is 0.483. The summed E-state index contributed by atoms with van der Waals surface area (Å²) in [5.41, 5.74) is 0. The average molecular weight is 501 g/mol. The number of rotatable bonds is 3. The third-order valence-corrected chi connectivity index (χ3v) is 8.17. The van der Waals surface area contributed by atoms with Crippen LogP contribution in [0.5, 0.6) is 0 Å². The predicted molar refractivity (Wildman–Crippen MR) is 84.0 cm³/mol. The van der Waals surface area contributed by atoms with Crippen LogP contribution < -0.4 is 13.1 Å². The van der Waals surface area contributed by atoms with Crippen molar-refractivity contribution < 1.29 is 21.1 Å². The fraction of sp³-hybridized carbons (Fsp3) is 0. The second-order valence-corrected chi connectivity index (χ2v) is 9.00. The minimum atomic E-state index is -1.39. The van der Waals surface area contributed by atoms with Gasteiger partial charge in [-0.05, 0) is 0 Å². The molecule has 0 nitrogen and oxygen atoms in total. The Kier molecular flexibility index (Phi) is 5.83. The van der Waals surface area contributed by atoms with E-state index >= 15 is 0 Å². The van der Waals surface area contributed by atoms with Gasteiger partial charge < -0.3 is 0 Å². The van der Waals surface area contributed by atoms with E-state index in [0.29, 0.717) is 0 Å². The Bertz CT molecular complexity index is 529. The van der Waals surface area contributed by atoms with E-state index < -0.39 is 14.7 Å². The van der Waals surface area contributed by atoms with Crippen molar-refractivity contribution in [3.8, 4) is 0 Å². The first-order valence-corrected chi connectivity index (χ1v) is 9.22. The maximum absolute atomic E-state index is 2.26. The van der Waals surface area contributed by atoms with Crippen LogP contribution in [0.2, 0.25) is 0 Å². The molecule has 0 heterocycles. The Balaban J connectivity index is 0.00000147. The van der Waals surface area contributed by atoms with Crippen LogP contribution in [0.4, 0.5) is 0 Å². The van der Waals surface area contributed by atoms with Gasteiger partial charge in [-0.3, -0.25) is 0 Å². The molecular formula is C18H15AsPt+2. The first-order chi connectivity index (χ1) is 9.45. The summed E-state index contributed by atoms with van der Waals surface area (Å²) in [5.74, 6) is 0. The molecular weight excluding hydrogens is 486 g/mol. The monoisotopic (exact) mass is 501 g/mol. The van der Waals surface area contributed by atoms with Crippen LogP contribution in [0.25, 0.3) is 0 Å². The van der Waals surface area contributed by atoms with Gasteiger partial charge in [0.05, 0.1) is 0 Å². The second kappa shape index (κ2) is 7.63. The molecule has 2 heteroatoms. The molecule has 100 valence electrons. The summed E-state index contributed by atoms with van der Waals surface area (Å²) in [6, 6.07) is 32.7. The van der Waals surface area contributed by atoms with E-state index in [4.69, 9.17) is 0 Å². The molecule has 0 unspecified atom stereocenters. The summed E-state index contributed by atoms with van der Waals surface area (Å²) < 4.78 is 4.44. The number of hydrogen-bond acceptors (Lipinski definition) is 0. The summed E-state index contributed by atoms with van der Waals surface area (Å²) in [6.07, 6.45) is 0. The molecule has 0 saturated heterocycles. The molecule has 0 aliphatic carbocycles. The molecule has 0 aliphatic rings. The molecule has 0 aliphatic heterocycles. The fourth-order valence-corrected chi connectivity index (χ4v) is 7.02. The van der Waals surface area contributed by atoms with Crippen molar-refractivity contribution in [2.45, 2.75) is 0 Å². The zero-order chi connectivity index (χ0) is 12.9. The van der Waals surface area contributed by atoms with Gasteiger partial charge in [0.1, 0.15) is 0 Å². The van der Waals surface area contributed by atoms with Gasteiger partial charge in [0.15, 0.2) is 0 Å². The molecule has 0 aromatic heterocycles. The van der Waals surface area contributed by atoms with Crippen LogP contribution in [0, 0.1) is 0 Å². The SMILES string of the molecule is [Pt+2].c1ccc([As](c2ccccc2)c2ccccc2)cc1. The van der Waals surface area contributed by atoms with Gasteiger partial charge in [0, 0.05) is 0 Å². The van der Waals surface area contributed by atoms with Crippen LogP contribution in [0.15, 0.2) is 91.0 Å². The molecule has 0 saturated carbocycles. The zero-order valence-electron chi connectivity index (χ0n) is 10.9. The molecule has 20 heavy (non-hydrogen) atoms. The van der Waals surface area contributed by atoms with Gasteiger partial charge in [-0.1, -0.05) is 0 Å². The Labute approximate surface area is 139 Å². The van der Waals surface area contributed by atoms with Gasteiger partial charge >= 0.3 is 140 Å². The molecule has 0 bridgehead atoms. The summed E-state index contributed by atoms with van der Waals surface area (Å²) in [6.45, 7) is 0. The van der Waals surface area contributed by atoms with Crippen molar-refractivity contribution in [1.29, 1.82) is 0 Å². The van der Waals surface area contributed by atoms with Gasteiger partial charge in [0.25, 0.3) is 0 Å². The first kappa shape index (κ1) is 15.3. The van der Waals surface area contributed by atoms with E-state index in [1.807, 2.05) is 0 Å². The molecule has 0 fully saturated rings. The minimum absolute atomic E-state index is 0. The molecule has 0 spiro atoms. The van der Waals surface area contributed by atoms with Crippen molar-refractivity contribution in [3.05, 3.63) is 91.0 Å². The van der Waals surface area contributed by atoms with Crippen LogP contribution in [0.3, 0.4) is 0 Å². The molecule has 0 N–H and O–H groups in total. The maximum atomic E-state index is 2.26. The van der Waals surface area contributed by atoms with Crippen molar-refractivity contribution >= 4 is 27.7 Å². The Hall–Kier alpha value is -1.09. The van der Waals surface area contributed by atoms with E-state index in [1.54, 1.807) is 0 Å². The average Bonchev–Trinajstić information content (AvgIpc) is 2.51. The Morgan fingerprint density at radius 1 is 0.400 bits per heavy atom. The van der Waals surface area contributed by atoms with Gasteiger partial charge in [-0.25, -0.2) is 0 Å². The first-order valence-electron chi connectivity index (χ1n) is 6.40. The summed E-state index contributed by atoms with van der Waals surface area (Å²) in [4.78, 5) is 0. The van der Waals surface area contributed by atoms with Crippen LogP contribution >= 0.6 is 0 Å². The van der Waals surface area contributed by atoms with Crippen molar-refractivity contribution in [2.24, 2.45) is 0 Å². The number of hydrogen-bond donors (Lipinski definition) is 0. The van der Waals surface area contributed by atoms with E-state index in [2.05, 4.69) is 91.0 Å². The van der Waals surface area contributed by atoms with Crippen molar-refractivity contribution in [3.63, 3.8) is 0 Å². The molecule has 0 amide bonds. The second-order valence-electron chi connectivity index (χ2n) is 4.34. The zero-order valence-corrected chi connectivity index (χ0v) is 15.1. The van der Waals surface area contributed by atoms with Gasteiger partial charge in [0.2, 0.25) is 0 Å². The predicted octanol–water partition coefficient (Wildman–Crippen LogP) is 2.20. The third-order valence-electron chi connectivity index (χ3n) is 3.04. The third kappa shape index (κ3) is 3.51. The van der Waals surface area contributed by atoms with Crippen LogP contribution in [0.1, 0.15) is 0 Å². The van der Waals surface area contributed by atoms with Crippen LogP contribution in [-0.4, -0.2) is 14.7 Å². The molecule has 3 aromatic carbocycles. The summed E-state index contributed by atoms with van der Waals surface area (Å²) in [5, 5.41) is 0. The number of benzene rings is 3. The van der Waals surface area contributed by atoms with Crippen molar-refractivity contribution in [2.75, 3.05) is 0 Å². The topological polar surface area (TPSA) is 0 Å². The van der Waals surface area contributed by atoms with Gasteiger partial charge in [-0.2, -0.15) is 0 Å². The van der Waals surface area contributed by atoms with Gasteiger partial charge in [-0.15, -0.1) is 0 Å². The molecule has 0 radical (unpaired) electrons. The molecule has 3 aromatic rings. The van der Waals surface area contributed by atoms with E-state index in [9.17, 15) is 0 Å². The van der Waals surface area contributed by atoms with E-state index in [-0.39, 0.29) is 21.1 Å². The summed E-state index contributed by atoms with van der Waals surface area (Å²) in [7, 11) is 0. The van der Waals surface area contributed by atoms with E-state index in [1.165, 1.54) is 13.1 Å². The normalized spacial score (nSPS) is 10.1. The van der Waals surface area contributed by atoms with Crippen molar-refractivity contribution in [1.82, 2.24) is 0 Å². The standard InChI is InChI=1S/C18H15As.Pt/c1-4-10-16(11-5-1)19(17-12-6-2-7-13-17)18-14-8-3-9-15-18;/h1-15H;/q;+2. The van der Waals surface area contributed by atoms with Crippen LogP contribution in [-0.2, 0) is 21.1 Å². The Morgan fingerprint density at radius 3 is 0.900 bits per heavy atom. The Morgan fingerprint density at radius 2 is 0.650 bits per heavy atom. The van der Waals surface area contributed by atoms with E-state index in [0.717, 1.165) is 0 Å².